The van der Waals surface area contributed by atoms with Crippen molar-refractivity contribution in [1.29, 1.82) is 0 Å². The van der Waals surface area contributed by atoms with Crippen LogP contribution in [0.5, 0.6) is 0 Å². The molecule has 0 saturated heterocycles. The van der Waals surface area contributed by atoms with Crippen LogP contribution in [0.15, 0.2) is 58.2 Å². The van der Waals surface area contributed by atoms with Gasteiger partial charge in [-0.15, -0.1) is 0 Å². The lowest BCUT2D eigenvalue weighted by molar-refractivity contribution is -0.116. The first-order valence-corrected chi connectivity index (χ1v) is 10.5. The molecule has 140 valence electrons. The number of pyridine rings is 1. The van der Waals surface area contributed by atoms with Gasteiger partial charge in [0.1, 0.15) is 0 Å². The Morgan fingerprint density at radius 3 is 2.59 bits per heavy atom. The highest BCUT2D eigenvalue weighted by molar-refractivity contribution is 9.10. The van der Waals surface area contributed by atoms with Crippen LogP contribution in [0.4, 0.5) is 5.82 Å². The van der Waals surface area contributed by atoms with Gasteiger partial charge in [0, 0.05) is 45.1 Å². The summed E-state index contributed by atoms with van der Waals surface area (Å²) in [7, 11) is -1.11. The highest BCUT2D eigenvalue weighted by Gasteiger charge is 2.13. The lowest BCUT2D eigenvalue weighted by Crippen LogP contribution is -2.13. The van der Waals surface area contributed by atoms with Crippen molar-refractivity contribution >= 4 is 38.5 Å². The number of hydrogen-bond acceptors (Lipinski definition) is 4. The van der Waals surface area contributed by atoms with Crippen LogP contribution < -0.4 is 5.32 Å². The van der Waals surface area contributed by atoms with Gasteiger partial charge in [0.25, 0.3) is 0 Å². The zero-order valence-corrected chi connectivity index (χ0v) is 17.1. The number of amides is 1. The second-order valence-electron chi connectivity index (χ2n) is 5.96. The predicted octanol–water partition coefficient (Wildman–Crippen LogP) is 4.07. The summed E-state index contributed by atoms with van der Waals surface area (Å²) in [5.41, 5.74) is 2.68. The molecule has 0 saturated carbocycles. The van der Waals surface area contributed by atoms with E-state index in [9.17, 15) is 9.00 Å². The van der Waals surface area contributed by atoms with Gasteiger partial charge in [0.2, 0.25) is 5.91 Å². The maximum atomic E-state index is 12.3. The number of rotatable bonds is 7. The molecule has 2 N–H and O–H groups in total. The molecule has 0 aliphatic carbocycles. The van der Waals surface area contributed by atoms with E-state index in [2.05, 4.69) is 36.4 Å². The molecule has 0 radical (unpaired) electrons. The SMILES string of the molecule is Cc1c(NC(=O)CCCS(=O)c2ccc(Br)cc2)n[nH]c1-c1ccncc1. The summed E-state index contributed by atoms with van der Waals surface area (Å²) < 4.78 is 13.2. The average molecular weight is 447 g/mol. The number of H-pyrrole nitrogens is 1. The molecule has 3 rings (SSSR count). The van der Waals surface area contributed by atoms with E-state index >= 15 is 0 Å². The number of halogens is 1. The fourth-order valence-corrected chi connectivity index (χ4v) is 3.93. The van der Waals surface area contributed by atoms with E-state index in [-0.39, 0.29) is 5.91 Å². The summed E-state index contributed by atoms with van der Waals surface area (Å²) in [6.45, 7) is 1.90. The van der Waals surface area contributed by atoms with Crippen LogP contribution in [0.1, 0.15) is 18.4 Å². The van der Waals surface area contributed by atoms with Crippen LogP contribution in [-0.4, -0.2) is 31.1 Å². The standard InChI is InChI=1S/C19H19BrN4O2S/c1-13-18(14-8-10-21-11-9-14)23-24-19(13)22-17(25)3-2-12-27(26)16-6-4-15(20)5-7-16/h4-11H,2-3,12H2,1H3,(H2,22,23,24,25). The summed E-state index contributed by atoms with van der Waals surface area (Å²) in [5.74, 6) is 0.816. The Hall–Kier alpha value is -2.32. The molecule has 2 aromatic heterocycles. The Bertz CT molecular complexity index is 942. The summed E-state index contributed by atoms with van der Waals surface area (Å²) >= 11 is 3.36. The Morgan fingerprint density at radius 1 is 1.19 bits per heavy atom. The minimum Gasteiger partial charge on any atom is -0.309 e. The molecular weight excluding hydrogens is 428 g/mol. The summed E-state index contributed by atoms with van der Waals surface area (Å²) in [6.07, 6.45) is 4.24. The largest absolute Gasteiger partial charge is 0.309 e. The number of benzene rings is 1. The Kier molecular flexibility index (Phi) is 6.52. The van der Waals surface area contributed by atoms with Crippen LogP contribution in [-0.2, 0) is 15.6 Å². The summed E-state index contributed by atoms with van der Waals surface area (Å²) in [6, 6.07) is 11.1. The van der Waals surface area contributed by atoms with E-state index in [4.69, 9.17) is 0 Å². The number of aromatic nitrogens is 3. The molecule has 1 amide bonds. The fourth-order valence-electron chi connectivity index (χ4n) is 2.58. The first-order chi connectivity index (χ1) is 13.0. The minimum atomic E-state index is -1.11. The van der Waals surface area contributed by atoms with Crippen LogP contribution in [0.25, 0.3) is 11.3 Å². The van der Waals surface area contributed by atoms with Gasteiger partial charge in [-0.25, -0.2) is 0 Å². The Morgan fingerprint density at radius 2 is 1.89 bits per heavy atom. The van der Waals surface area contributed by atoms with E-state index in [1.807, 2.05) is 43.3 Å². The molecule has 1 aromatic carbocycles. The third-order valence-electron chi connectivity index (χ3n) is 4.05. The van der Waals surface area contributed by atoms with E-state index in [0.717, 1.165) is 26.2 Å². The second kappa shape index (κ2) is 9.05. The quantitative estimate of drug-likeness (QED) is 0.572. The molecule has 0 fully saturated rings. The highest BCUT2D eigenvalue weighted by Crippen LogP contribution is 2.25. The molecule has 2 heterocycles. The lowest BCUT2D eigenvalue weighted by atomic mass is 10.1. The van der Waals surface area contributed by atoms with E-state index in [1.165, 1.54) is 0 Å². The Balaban J connectivity index is 1.52. The monoisotopic (exact) mass is 446 g/mol. The van der Waals surface area contributed by atoms with Crippen molar-refractivity contribution in [2.75, 3.05) is 11.1 Å². The molecule has 0 aliphatic heterocycles. The normalized spacial score (nSPS) is 11.9. The lowest BCUT2D eigenvalue weighted by Gasteiger charge is -2.05. The van der Waals surface area contributed by atoms with Gasteiger partial charge in [-0.3, -0.25) is 19.1 Å². The Labute approximate surface area is 168 Å². The van der Waals surface area contributed by atoms with Crippen LogP contribution in [0.2, 0.25) is 0 Å². The predicted molar refractivity (Wildman–Crippen MR) is 110 cm³/mol. The van der Waals surface area contributed by atoms with E-state index in [0.29, 0.717) is 24.4 Å². The third kappa shape index (κ3) is 5.11. The zero-order chi connectivity index (χ0) is 19.2. The molecule has 8 heteroatoms. The second-order valence-corrected chi connectivity index (χ2v) is 8.45. The van der Waals surface area contributed by atoms with Crippen molar-refractivity contribution in [1.82, 2.24) is 15.2 Å². The number of carbonyl (C=O) groups is 1. The van der Waals surface area contributed by atoms with Crippen molar-refractivity contribution < 1.29 is 9.00 Å². The molecular formula is C19H19BrN4O2S. The summed E-state index contributed by atoms with van der Waals surface area (Å²) in [4.78, 5) is 17.0. The van der Waals surface area contributed by atoms with Crippen molar-refractivity contribution in [3.63, 3.8) is 0 Å². The fraction of sp³-hybridized carbons (Fsp3) is 0.211. The smallest absolute Gasteiger partial charge is 0.225 e. The number of aromatic amines is 1. The van der Waals surface area contributed by atoms with E-state index < -0.39 is 10.8 Å². The maximum absolute atomic E-state index is 12.3. The van der Waals surface area contributed by atoms with Gasteiger partial charge in [0.15, 0.2) is 5.82 Å². The minimum absolute atomic E-state index is 0.140. The molecule has 1 atom stereocenters. The molecule has 3 aromatic rings. The number of hydrogen-bond donors (Lipinski definition) is 2. The highest BCUT2D eigenvalue weighted by atomic mass is 79.9. The van der Waals surface area contributed by atoms with E-state index in [1.54, 1.807) is 12.4 Å². The first kappa shape index (κ1) is 19.4. The molecule has 0 aliphatic rings. The van der Waals surface area contributed by atoms with Gasteiger partial charge < -0.3 is 5.32 Å². The summed E-state index contributed by atoms with van der Waals surface area (Å²) in [5, 5.41) is 9.96. The number of anilines is 1. The third-order valence-corrected chi connectivity index (χ3v) is 6.03. The molecule has 0 bridgehead atoms. The molecule has 6 nitrogen and oxygen atoms in total. The van der Waals surface area contributed by atoms with Crippen LogP contribution >= 0.6 is 15.9 Å². The van der Waals surface area contributed by atoms with Gasteiger partial charge >= 0.3 is 0 Å². The first-order valence-electron chi connectivity index (χ1n) is 8.44. The molecule has 27 heavy (non-hydrogen) atoms. The van der Waals surface area contributed by atoms with Gasteiger partial charge in [-0.1, -0.05) is 15.9 Å². The van der Waals surface area contributed by atoms with Crippen LogP contribution in [0, 0.1) is 6.92 Å². The number of nitrogens with zero attached hydrogens (tertiary/aromatic N) is 2. The molecule has 0 spiro atoms. The van der Waals surface area contributed by atoms with Gasteiger partial charge in [-0.2, -0.15) is 5.10 Å². The van der Waals surface area contributed by atoms with Crippen LogP contribution in [0.3, 0.4) is 0 Å². The topological polar surface area (TPSA) is 87.7 Å². The van der Waals surface area contributed by atoms with Crippen molar-refractivity contribution in [3.05, 3.63) is 58.8 Å². The number of nitrogens with one attached hydrogen (secondary N) is 2. The van der Waals surface area contributed by atoms with Gasteiger partial charge in [0.05, 0.1) is 16.5 Å². The average Bonchev–Trinajstić information content (AvgIpc) is 3.03. The van der Waals surface area contributed by atoms with Crippen molar-refractivity contribution in [2.24, 2.45) is 0 Å². The zero-order valence-electron chi connectivity index (χ0n) is 14.7. The van der Waals surface area contributed by atoms with Crippen molar-refractivity contribution in [3.8, 4) is 11.3 Å². The van der Waals surface area contributed by atoms with Crippen molar-refractivity contribution in [2.45, 2.75) is 24.7 Å². The number of carbonyl (C=O) groups excluding carboxylic acids is 1. The maximum Gasteiger partial charge on any atom is 0.225 e. The van der Waals surface area contributed by atoms with Gasteiger partial charge in [-0.05, 0) is 49.7 Å². The molecule has 1 unspecified atom stereocenters.